The SMILES string of the molecule is Cc1c(CC(=O)O)nnn1-c1cccc(Cl)c1F. The van der Waals surface area contributed by atoms with Gasteiger partial charge in [0.05, 0.1) is 22.8 Å². The highest BCUT2D eigenvalue weighted by molar-refractivity contribution is 6.30. The van der Waals surface area contributed by atoms with Gasteiger partial charge in [0, 0.05) is 0 Å². The van der Waals surface area contributed by atoms with E-state index in [0.29, 0.717) is 11.4 Å². The van der Waals surface area contributed by atoms with E-state index >= 15 is 0 Å². The zero-order valence-electron chi connectivity index (χ0n) is 9.39. The van der Waals surface area contributed by atoms with Gasteiger partial charge in [-0.3, -0.25) is 4.79 Å². The predicted octanol–water partition coefficient (Wildman–Crippen LogP) is 2.00. The van der Waals surface area contributed by atoms with Crippen LogP contribution in [0.5, 0.6) is 0 Å². The molecule has 0 amide bonds. The van der Waals surface area contributed by atoms with Crippen molar-refractivity contribution in [3.8, 4) is 5.69 Å². The van der Waals surface area contributed by atoms with E-state index in [4.69, 9.17) is 16.7 Å². The zero-order valence-corrected chi connectivity index (χ0v) is 10.1. The minimum Gasteiger partial charge on any atom is -0.481 e. The molecule has 0 aliphatic heterocycles. The molecule has 18 heavy (non-hydrogen) atoms. The van der Waals surface area contributed by atoms with E-state index in [1.165, 1.54) is 16.8 Å². The van der Waals surface area contributed by atoms with Gasteiger partial charge in [0.25, 0.3) is 0 Å². The smallest absolute Gasteiger partial charge is 0.309 e. The summed E-state index contributed by atoms with van der Waals surface area (Å²) < 4.78 is 15.0. The van der Waals surface area contributed by atoms with Crippen molar-refractivity contribution in [2.45, 2.75) is 13.3 Å². The molecule has 0 unspecified atom stereocenters. The Balaban J connectivity index is 2.49. The van der Waals surface area contributed by atoms with Gasteiger partial charge in [0.2, 0.25) is 0 Å². The number of hydrogen-bond acceptors (Lipinski definition) is 3. The lowest BCUT2D eigenvalue weighted by molar-refractivity contribution is -0.136. The van der Waals surface area contributed by atoms with Gasteiger partial charge in [-0.1, -0.05) is 22.9 Å². The number of carboxylic acids is 1. The maximum atomic E-state index is 13.8. The third-order valence-electron chi connectivity index (χ3n) is 2.47. The molecule has 5 nitrogen and oxygen atoms in total. The van der Waals surface area contributed by atoms with Crippen molar-refractivity contribution in [3.63, 3.8) is 0 Å². The number of aromatic nitrogens is 3. The van der Waals surface area contributed by atoms with E-state index < -0.39 is 11.8 Å². The molecule has 0 spiro atoms. The number of benzene rings is 1. The number of rotatable bonds is 3. The highest BCUT2D eigenvalue weighted by Crippen LogP contribution is 2.22. The molecule has 0 radical (unpaired) electrons. The fraction of sp³-hybridized carbons (Fsp3) is 0.182. The fourth-order valence-electron chi connectivity index (χ4n) is 1.55. The average molecular weight is 270 g/mol. The van der Waals surface area contributed by atoms with Crippen LogP contribution in [-0.2, 0) is 11.2 Å². The summed E-state index contributed by atoms with van der Waals surface area (Å²) in [7, 11) is 0. The summed E-state index contributed by atoms with van der Waals surface area (Å²) in [5.74, 6) is -1.63. The second-order valence-electron chi connectivity index (χ2n) is 3.68. The molecule has 94 valence electrons. The van der Waals surface area contributed by atoms with Crippen LogP contribution in [0.2, 0.25) is 5.02 Å². The summed E-state index contributed by atoms with van der Waals surface area (Å²) in [6, 6.07) is 4.50. The molecule has 1 aromatic carbocycles. The zero-order chi connectivity index (χ0) is 13.3. The van der Waals surface area contributed by atoms with Crippen LogP contribution >= 0.6 is 11.6 Å². The van der Waals surface area contributed by atoms with Crippen LogP contribution in [0.15, 0.2) is 18.2 Å². The first-order valence-corrected chi connectivity index (χ1v) is 5.46. The van der Waals surface area contributed by atoms with Crippen LogP contribution in [0.25, 0.3) is 5.69 Å². The summed E-state index contributed by atoms with van der Waals surface area (Å²) in [6.07, 6.45) is -0.256. The van der Waals surface area contributed by atoms with Crippen molar-refractivity contribution in [3.05, 3.63) is 40.4 Å². The van der Waals surface area contributed by atoms with E-state index in [2.05, 4.69) is 10.3 Å². The van der Waals surface area contributed by atoms with Crippen molar-refractivity contribution in [2.24, 2.45) is 0 Å². The molecule has 0 aliphatic rings. The molecule has 0 aliphatic carbocycles. The van der Waals surface area contributed by atoms with E-state index in [-0.39, 0.29) is 17.1 Å². The van der Waals surface area contributed by atoms with Crippen LogP contribution in [0.4, 0.5) is 4.39 Å². The second kappa shape index (κ2) is 4.73. The van der Waals surface area contributed by atoms with Gasteiger partial charge >= 0.3 is 5.97 Å². The van der Waals surface area contributed by atoms with E-state index in [1.807, 2.05) is 0 Å². The molecule has 0 fully saturated rings. The highest BCUT2D eigenvalue weighted by Gasteiger charge is 2.16. The quantitative estimate of drug-likeness (QED) is 0.925. The molecule has 1 aromatic heterocycles. The summed E-state index contributed by atoms with van der Waals surface area (Å²) >= 11 is 5.68. The van der Waals surface area contributed by atoms with Crippen molar-refractivity contribution in [1.82, 2.24) is 15.0 Å². The molecular weight excluding hydrogens is 261 g/mol. The Bertz CT molecular complexity index is 612. The van der Waals surface area contributed by atoms with E-state index in [1.54, 1.807) is 13.0 Å². The van der Waals surface area contributed by atoms with Crippen LogP contribution in [0.3, 0.4) is 0 Å². The van der Waals surface area contributed by atoms with Crippen molar-refractivity contribution < 1.29 is 14.3 Å². The summed E-state index contributed by atoms with van der Waals surface area (Å²) in [6.45, 7) is 1.62. The minimum atomic E-state index is -1.02. The molecule has 2 rings (SSSR count). The number of carboxylic acid groups (broad SMARTS) is 1. The molecule has 0 saturated heterocycles. The fourth-order valence-corrected chi connectivity index (χ4v) is 1.72. The Morgan fingerprint density at radius 2 is 2.28 bits per heavy atom. The first-order chi connectivity index (χ1) is 8.50. The molecule has 2 aromatic rings. The van der Waals surface area contributed by atoms with E-state index in [0.717, 1.165) is 0 Å². The summed E-state index contributed by atoms with van der Waals surface area (Å²) in [5.41, 5.74) is 0.907. The van der Waals surface area contributed by atoms with Gasteiger partial charge in [-0.25, -0.2) is 9.07 Å². The summed E-state index contributed by atoms with van der Waals surface area (Å²) in [5, 5.41) is 16.1. The van der Waals surface area contributed by atoms with Gasteiger partial charge < -0.3 is 5.11 Å². The van der Waals surface area contributed by atoms with Crippen molar-refractivity contribution >= 4 is 17.6 Å². The Morgan fingerprint density at radius 1 is 1.56 bits per heavy atom. The lowest BCUT2D eigenvalue weighted by Gasteiger charge is -2.05. The lowest BCUT2D eigenvalue weighted by Crippen LogP contribution is -2.05. The largest absolute Gasteiger partial charge is 0.481 e. The topological polar surface area (TPSA) is 68.0 Å². The molecular formula is C11H9ClFN3O2. The first-order valence-electron chi connectivity index (χ1n) is 5.08. The molecule has 0 atom stereocenters. The number of halogens is 2. The number of aliphatic carboxylic acids is 1. The lowest BCUT2D eigenvalue weighted by atomic mass is 10.2. The average Bonchev–Trinajstić information content (AvgIpc) is 2.64. The monoisotopic (exact) mass is 269 g/mol. The number of nitrogens with zero attached hydrogens (tertiary/aromatic N) is 3. The molecule has 7 heteroatoms. The summed E-state index contributed by atoms with van der Waals surface area (Å²) in [4.78, 5) is 10.6. The normalized spacial score (nSPS) is 10.6. The third-order valence-corrected chi connectivity index (χ3v) is 2.76. The first kappa shape index (κ1) is 12.5. The third kappa shape index (κ3) is 2.19. The maximum Gasteiger partial charge on any atom is 0.309 e. The Labute approximate surface area is 107 Å². The maximum absolute atomic E-state index is 13.8. The second-order valence-corrected chi connectivity index (χ2v) is 4.08. The van der Waals surface area contributed by atoms with E-state index in [9.17, 15) is 9.18 Å². The number of hydrogen-bond donors (Lipinski definition) is 1. The van der Waals surface area contributed by atoms with Crippen molar-refractivity contribution in [1.29, 1.82) is 0 Å². The predicted molar refractivity (Wildman–Crippen MR) is 62.4 cm³/mol. The van der Waals surface area contributed by atoms with Crippen LogP contribution in [0, 0.1) is 12.7 Å². The highest BCUT2D eigenvalue weighted by atomic mass is 35.5. The molecule has 1 heterocycles. The van der Waals surface area contributed by atoms with Crippen LogP contribution in [-0.4, -0.2) is 26.1 Å². The van der Waals surface area contributed by atoms with Gasteiger partial charge in [0.1, 0.15) is 5.69 Å². The Morgan fingerprint density at radius 3 is 2.94 bits per heavy atom. The van der Waals surface area contributed by atoms with Gasteiger partial charge in [-0.15, -0.1) is 5.10 Å². The molecule has 1 N–H and O–H groups in total. The Hall–Kier alpha value is -1.95. The van der Waals surface area contributed by atoms with Crippen LogP contribution in [0.1, 0.15) is 11.4 Å². The van der Waals surface area contributed by atoms with Crippen molar-refractivity contribution in [2.75, 3.05) is 0 Å². The Kier molecular flexibility index (Phi) is 3.29. The minimum absolute atomic E-state index is 0.0258. The van der Waals surface area contributed by atoms with Gasteiger partial charge in [-0.05, 0) is 19.1 Å². The van der Waals surface area contributed by atoms with Crippen LogP contribution < -0.4 is 0 Å². The number of carbonyl (C=O) groups is 1. The standard InChI is InChI=1S/C11H9ClFN3O2/c1-6-8(5-10(17)18)14-15-16(6)9-4-2-3-7(12)11(9)13/h2-4H,5H2,1H3,(H,17,18). The van der Waals surface area contributed by atoms with Gasteiger partial charge in [0.15, 0.2) is 5.82 Å². The van der Waals surface area contributed by atoms with Gasteiger partial charge in [-0.2, -0.15) is 0 Å². The molecule has 0 bridgehead atoms. The molecule has 0 saturated carbocycles.